The number of rotatable bonds is 3. The van der Waals surface area contributed by atoms with Crippen molar-refractivity contribution in [1.82, 2.24) is 9.97 Å². The second kappa shape index (κ2) is 5.58. The number of halogens is 2. The predicted octanol–water partition coefficient (Wildman–Crippen LogP) is 4.43. The molecule has 0 radical (unpaired) electrons. The highest BCUT2D eigenvalue weighted by atomic mass is 35.5. The van der Waals surface area contributed by atoms with Gasteiger partial charge in [0.2, 0.25) is 5.28 Å². The lowest BCUT2D eigenvalue weighted by Crippen LogP contribution is -2.19. The number of aromatic nitrogens is 2. The summed E-state index contributed by atoms with van der Waals surface area (Å²) in [5.74, 6) is 0.500. The zero-order valence-electron chi connectivity index (χ0n) is 11.6. The number of thiophene rings is 1. The summed E-state index contributed by atoms with van der Waals surface area (Å²) in [4.78, 5) is 12.4. The minimum Gasteiger partial charge on any atom is -0.355 e. The fourth-order valence-corrected chi connectivity index (χ4v) is 3.34. The Labute approximate surface area is 131 Å². The van der Waals surface area contributed by atoms with Gasteiger partial charge in [0.25, 0.3) is 0 Å². The Morgan fingerprint density at radius 2 is 2.05 bits per heavy atom. The second-order valence-corrected chi connectivity index (χ2v) is 6.41. The molecule has 0 saturated heterocycles. The van der Waals surface area contributed by atoms with Gasteiger partial charge in [0, 0.05) is 24.0 Å². The predicted molar refractivity (Wildman–Crippen MR) is 85.7 cm³/mol. The average Bonchev–Trinajstić information content (AvgIpc) is 2.80. The van der Waals surface area contributed by atoms with Crippen molar-refractivity contribution in [1.29, 1.82) is 0 Å². The number of hydrogen-bond acceptors (Lipinski definition) is 4. The number of fused-ring (bicyclic) bond motifs is 1. The Morgan fingerprint density at radius 3 is 2.81 bits per heavy atom. The van der Waals surface area contributed by atoms with Crippen LogP contribution in [0.2, 0.25) is 5.28 Å². The molecule has 3 rings (SSSR count). The first kappa shape index (κ1) is 14.2. The van der Waals surface area contributed by atoms with E-state index in [4.69, 9.17) is 11.6 Å². The molecule has 2 aromatic heterocycles. The molecule has 1 aromatic carbocycles. The highest BCUT2D eigenvalue weighted by Gasteiger charge is 2.14. The number of hydrogen-bond donors (Lipinski definition) is 0. The number of anilines is 1. The molecule has 0 atom stereocenters. The molecule has 0 spiro atoms. The summed E-state index contributed by atoms with van der Waals surface area (Å²) in [6, 6.07) is 8.76. The monoisotopic (exact) mass is 321 g/mol. The number of benzene rings is 1. The molecule has 108 valence electrons. The van der Waals surface area contributed by atoms with Crippen LogP contribution in [0, 0.1) is 12.7 Å². The zero-order chi connectivity index (χ0) is 15.0. The Morgan fingerprint density at radius 1 is 1.29 bits per heavy atom. The van der Waals surface area contributed by atoms with Gasteiger partial charge in [0.15, 0.2) is 0 Å². The van der Waals surface area contributed by atoms with E-state index in [9.17, 15) is 4.39 Å². The van der Waals surface area contributed by atoms with E-state index in [1.54, 1.807) is 23.5 Å². The van der Waals surface area contributed by atoms with Gasteiger partial charge >= 0.3 is 0 Å². The molecule has 0 bridgehead atoms. The van der Waals surface area contributed by atoms with Crippen LogP contribution >= 0.6 is 22.9 Å². The molecule has 6 heteroatoms. The Kier molecular flexibility index (Phi) is 3.78. The quantitative estimate of drug-likeness (QED) is 0.668. The van der Waals surface area contributed by atoms with Crippen molar-refractivity contribution in [2.45, 2.75) is 13.5 Å². The lowest BCUT2D eigenvalue weighted by atomic mass is 10.2. The molecule has 0 aliphatic rings. The van der Waals surface area contributed by atoms with Crippen LogP contribution in [0.5, 0.6) is 0 Å². The van der Waals surface area contributed by atoms with Crippen LogP contribution in [-0.2, 0) is 6.54 Å². The minimum atomic E-state index is -0.220. The maximum atomic E-state index is 13.8. The lowest BCUT2D eigenvalue weighted by Gasteiger charge is -2.19. The molecule has 21 heavy (non-hydrogen) atoms. The van der Waals surface area contributed by atoms with Gasteiger partial charge < -0.3 is 4.90 Å². The molecular weight excluding hydrogens is 309 g/mol. The van der Waals surface area contributed by atoms with E-state index in [1.165, 1.54) is 6.07 Å². The third kappa shape index (κ3) is 2.84. The summed E-state index contributed by atoms with van der Waals surface area (Å²) in [6.07, 6.45) is 0. The van der Waals surface area contributed by atoms with E-state index in [1.807, 2.05) is 31.0 Å². The SMILES string of the molecule is Cc1cc2c(N(C)Cc3ccccc3F)nc(Cl)nc2s1. The third-order valence-corrected chi connectivity index (χ3v) is 4.31. The first-order valence-electron chi connectivity index (χ1n) is 6.43. The molecule has 0 saturated carbocycles. The van der Waals surface area contributed by atoms with Crippen molar-refractivity contribution in [3.05, 3.63) is 51.9 Å². The molecule has 0 N–H and O–H groups in total. The van der Waals surface area contributed by atoms with Gasteiger partial charge in [0.1, 0.15) is 16.5 Å². The molecular formula is C15H13ClFN3S. The van der Waals surface area contributed by atoms with Crippen molar-refractivity contribution in [2.24, 2.45) is 0 Å². The minimum absolute atomic E-state index is 0.208. The summed E-state index contributed by atoms with van der Waals surface area (Å²) < 4.78 is 13.8. The maximum absolute atomic E-state index is 13.8. The fourth-order valence-electron chi connectivity index (χ4n) is 2.25. The highest BCUT2D eigenvalue weighted by Crippen LogP contribution is 2.31. The van der Waals surface area contributed by atoms with Crippen LogP contribution in [-0.4, -0.2) is 17.0 Å². The lowest BCUT2D eigenvalue weighted by molar-refractivity contribution is 0.607. The Bertz CT molecular complexity index is 803. The fraction of sp³-hybridized carbons (Fsp3) is 0.200. The van der Waals surface area contributed by atoms with Crippen LogP contribution < -0.4 is 4.90 Å². The third-order valence-electron chi connectivity index (χ3n) is 3.20. The molecule has 0 unspecified atom stereocenters. The van der Waals surface area contributed by atoms with Gasteiger partial charge in [-0.25, -0.2) is 9.37 Å². The molecule has 0 amide bonds. The van der Waals surface area contributed by atoms with Crippen LogP contribution in [0.15, 0.2) is 30.3 Å². The van der Waals surface area contributed by atoms with Crippen LogP contribution in [0.1, 0.15) is 10.4 Å². The first-order chi connectivity index (χ1) is 10.0. The summed E-state index contributed by atoms with van der Waals surface area (Å²) in [5, 5.41) is 1.15. The Hall–Kier alpha value is -1.72. The molecule has 0 aliphatic heterocycles. The normalized spacial score (nSPS) is 11.0. The van der Waals surface area contributed by atoms with E-state index in [-0.39, 0.29) is 11.1 Å². The van der Waals surface area contributed by atoms with E-state index in [2.05, 4.69) is 9.97 Å². The van der Waals surface area contributed by atoms with Crippen molar-refractivity contribution in [3.63, 3.8) is 0 Å². The maximum Gasteiger partial charge on any atom is 0.225 e. The van der Waals surface area contributed by atoms with Crippen LogP contribution in [0.4, 0.5) is 10.2 Å². The molecule has 0 fully saturated rings. The second-order valence-electron chi connectivity index (χ2n) is 4.84. The van der Waals surface area contributed by atoms with Gasteiger partial charge in [-0.3, -0.25) is 0 Å². The molecule has 3 nitrogen and oxygen atoms in total. The van der Waals surface area contributed by atoms with Gasteiger partial charge in [-0.15, -0.1) is 11.3 Å². The van der Waals surface area contributed by atoms with Crippen molar-refractivity contribution < 1.29 is 4.39 Å². The summed E-state index contributed by atoms with van der Waals surface area (Å²) in [5.41, 5.74) is 0.620. The first-order valence-corrected chi connectivity index (χ1v) is 7.62. The Balaban J connectivity index is 2.01. The van der Waals surface area contributed by atoms with E-state index in [0.29, 0.717) is 12.1 Å². The molecule has 2 heterocycles. The van der Waals surface area contributed by atoms with Crippen molar-refractivity contribution >= 4 is 39.0 Å². The number of nitrogens with zero attached hydrogens (tertiary/aromatic N) is 3. The van der Waals surface area contributed by atoms with Crippen molar-refractivity contribution in [3.8, 4) is 0 Å². The zero-order valence-corrected chi connectivity index (χ0v) is 13.2. The van der Waals surface area contributed by atoms with Gasteiger partial charge in [-0.1, -0.05) is 18.2 Å². The van der Waals surface area contributed by atoms with Gasteiger partial charge in [-0.2, -0.15) is 4.98 Å². The molecule has 3 aromatic rings. The van der Waals surface area contributed by atoms with Crippen LogP contribution in [0.25, 0.3) is 10.2 Å². The molecule has 0 aliphatic carbocycles. The topological polar surface area (TPSA) is 29.0 Å². The van der Waals surface area contributed by atoms with Crippen LogP contribution in [0.3, 0.4) is 0 Å². The summed E-state index contributed by atoms with van der Waals surface area (Å²) >= 11 is 7.57. The smallest absolute Gasteiger partial charge is 0.225 e. The van der Waals surface area contributed by atoms with E-state index in [0.717, 1.165) is 20.9 Å². The largest absolute Gasteiger partial charge is 0.355 e. The van der Waals surface area contributed by atoms with E-state index < -0.39 is 0 Å². The highest BCUT2D eigenvalue weighted by molar-refractivity contribution is 7.18. The van der Waals surface area contributed by atoms with E-state index >= 15 is 0 Å². The van der Waals surface area contributed by atoms with Crippen molar-refractivity contribution in [2.75, 3.05) is 11.9 Å². The summed E-state index contributed by atoms with van der Waals surface area (Å²) in [6.45, 7) is 2.44. The van der Waals surface area contributed by atoms with Gasteiger partial charge in [-0.05, 0) is 30.7 Å². The average molecular weight is 322 g/mol. The summed E-state index contributed by atoms with van der Waals surface area (Å²) in [7, 11) is 1.87. The standard InChI is InChI=1S/C15H13ClFN3S/c1-9-7-11-13(18-15(16)19-14(11)21-9)20(2)8-10-5-3-4-6-12(10)17/h3-7H,8H2,1-2H3. The number of aryl methyl sites for hydroxylation is 1. The van der Waals surface area contributed by atoms with Gasteiger partial charge in [0.05, 0.1) is 5.39 Å².